The molecule has 1 aromatic heterocycles. The van der Waals surface area contributed by atoms with E-state index in [1.54, 1.807) is 11.3 Å². The molecule has 2 aromatic carbocycles. The quantitative estimate of drug-likeness (QED) is 0.252. The maximum atomic E-state index is 6.80. The highest BCUT2D eigenvalue weighted by Crippen LogP contribution is 2.39. The van der Waals surface area contributed by atoms with E-state index >= 15 is 0 Å². The minimum Gasteiger partial charge on any atom is -0.491 e. The summed E-state index contributed by atoms with van der Waals surface area (Å²) >= 11 is 1.69. The van der Waals surface area contributed by atoms with Crippen molar-refractivity contribution in [3.05, 3.63) is 42.5 Å². The molecule has 0 radical (unpaired) electrons. The van der Waals surface area contributed by atoms with E-state index < -0.39 is 16.6 Å². The number of thiazole rings is 1. The lowest BCUT2D eigenvalue weighted by Gasteiger charge is -2.41. The summed E-state index contributed by atoms with van der Waals surface area (Å²) in [6, 6.07) is 14.5. The van der Waals surface area contributed by atoms with Crippen molar-refractivity contribution < 1.29 is 13.6 Å². The first-order valence-corrected chi connectivity index (χ1v) is 19.8. The minimum absolute atomic E-state index is 0.117. The SMILES string of the molecule is CNc1ccc(-c2nc3ccc(OC[C@@H](CO[Si](C)(C)C(C)(C)C)O[Si](C)(C)C(C)(C)C)cc3s2)cc1. The van der Waals surface area contributed by atoms with Gasteiger partial charge in [0.1, 0.15) is 23.5 Å². The number of aromatic nitrogens is 1. The number of hydrogen-bond donors (Lipinski definition) is 1. The summed E-state index contributed by atoms with van der Waals surface area (Å²) in [7, 11) is -1.96. The number of ether oxygens (including phenoxy) is 1. The average Bonchev–Trinajstić information content (AvgIpc) is 3.22. The second-order valence-corrected chi connectivity index (χ2v) is 23.5. The molecule has 0 saturated heterocycles. The van der Waals surface area contributed by atoms with E-state index in [1.165, 1.54) is 0 Å². The molecule has 0 spiro atoms. The fraction of sp³-hybridized carbons (Fsp3) is 0.552. The molecule has 204 valence electrons. The predicted octanol–water partition coefficient (Wildman–Crippen LogP) is 8.80. The van der Waals surface area contributed by atoms with Crippen LogP contribution in [0.2, 0.25) is 36.3 Å². The van der Waals surface area contributed by atoms with Crippen molar-refractivity contribution in [1.29, 1.82) is 0 Å². The third-order valence-corrected chi connectivity index (χ3v) is 18.0. The van der Waals surface area contributed by atoms with E-state index in [9.17, 15) is 0 Å². The number of hydrogen-bond acceptors (Lipinski definition) is 6. The zero-order valence-corrected chi connectivity index (χ0v) is 27.4. The molecule has 8 heteroatoms. The third-order valence-electron chi connectivity index (χ3n) is 7.92. The van der Waals surface area contributed by atoms with Gasteiger partial charge in [-0.1, -0.05) is 41.5 Å². The Bertz CT molecular complexity index is 1180. The van der Waals surface area contributed by atoms with Gasteiger partial charge in [0.25, 0.3) is 0 Å². The van der Waals surface area contributed by atoms with Crippen LogP contribution in [-0.4, -0.2) is 48.0 Å². The monoisotopic (exact) mass is 558 g/mol. The third kappa shape index (κ3) is 7.44. The Hall–Kier alpha value is -1.72. The van der Waals surface area contributed by atoms with Crippen LogP contribution in [0.3, 0.4) is 0 Å². The molecular formula is C29H46N2O3SSi2. The molecule has 3 aromatic rings. The van der Waals surface area contributed by atoms with Gasteiger partial charge in [-0.25, -0.2) is 4.98 Å². The Morgan fingerprint density at radius 1 is 0.865 bits per heavy atom. The second kappa shape index (κ2) is 11.2. The van der Waals surface area contributed by atoms with E-state index in [1.807, 2.05) is 19.2 Å². The van der Waals surface area contributed by atoms with E-state index in [0.29, 0.717) is 13.2 Å². The number of nitrogens with one attached hydrogen (secondary N) is 1. The maximum Gasteiger partial charge on any atom is 0.192 e. The molecule has 0 aliphatic rings. The van der Waals surface area contributed by atoms with Crippen molar-refractivity contribution in [3.63, 3.8) is 0 Å². The van der Waals surface area contributed by atoms with E-state index in [-0.39, 0.29) is 16.2 Å². The van der Waals surface area contributed by atoms with Crippen LogP contribution in [0, 0.1) is 0 Å². The fourth-order valence-corrected chi connectivity index (χ4v) is 6.67. The van der Waals surface area contributed by atoms with Gasteiger partial charge in [-0.2, -0.15) is 0 Å². The number of benzene rings is 2. The van der Waals surface area contributed by atoms with Crippen LogP contribution < -0.4 is 10.1 Å². The molecule has 5 nitrogen and oxygen atoms in total. The summed E-state index contributed by atoms with van der Waals surface area (Å²) in [6.45, 7) is 23.8. The summed E-state index contributed by atoms with van der Waals surface area (Å²) in [5, 5.41) is 4.44. The highest BCUT2D eigenvalue weighted by Gasteiger charge is 2.41. The first kappa shape index (κ1) is 29.8. The van der Waals surface area contributed by atoms with Crippen molar-refractivity contribution >= 4 is 43.9 Å². The average molecular weight is 559 g/mol. The zero-order valence-electron chi connectivity index (χ0n) is 24.6. The van der Waals surface area contributed by atoms with Gasteiger partial charge in [-0.05, 0) is 78.7 Å². The molecule has 0 unspecified atom stereocenters. The Morgan fingerprint density at radius 3 is 2.05 bits per heavy atom. The second-order valence-electron chi connectivity index (χ2n) is 12.9. The van der Waals surface area contributed by atoms with Crippen LogP contribution in [0.1, 0.15) is 41.5 Å². The largest absolute Gasteiger partial charge is 0.491 e. The molecule has 37 heavy (non-hydrogen) atoms. The van der Waals surface area contributed by atoms with E-state index in [2.05, 4.69) is 103 Å². The lowest BCUT2D eigenvalue weighted by molar-refractivity contribution is 0.0654. The van der Waals surface area contributed by atoms with Crippen LogP contribution >= 0.6 is 11.3 Å². The summed E-state index contributed by atoms with van der Waals surface area (Å²) in [6.07, 6.45) is -0.117. The smallest absolute Gasteiger partial charge is 0.192 e. The number of fused-ring (bicyclic) bond motifs is 1. The molecule has 0 aliphatic heterocycles. The predicted molar refractivity (Wildman–Crippen MR) is 165 cm³/mol. The van der Waals surface area contributed by atoms with Gasteiger partial charge in [-0.3, -0.25) is 0 Å². The Balaban J connectivity index is 1.76. The normalized spacial score (nSPS) is 14.1. The molecule has 1 atom stereocenters. The molecule has 0 aliphatic carbocycles. The van der Waals surface area contributed by atoms with Gasteiger partial charge in [0.05, 0.1) is 16.8 Å². The standard InChI is InChI=1S/C29H46N2O3SSi2/c1-28(2,3)36(8,9)33-20-24(34-37(10,11)29(4,5)6)19-32-23-16-17-25-26(18-23)35-27(31-25)21-12-14-22(30-7)15-13-21/h12-18,24,30H,19-20H2,1-11H3/t24-/m0/s1. The lowest BCUT2D eigenvalue weighted by Crippen LogP contribution is -2.49. The fourth-order valence-electron chi connectivity index (χ4n) is 3.31. The molecule has 0 bridgehead atoms. The van der Waals surface area contributed by atoms with Crippen LogP contribution in [0.15, 0.2) is 42.5 Å². The Labute approximate surface area is 230 Å². The van der Waals surface area contributed by atoms with Crippen molar-refractivity contribution in [3.8, 4) is 16.3 Å². The van der Waals surface area contributed by atoms with Crippen LogP contribution in [-0.2, 0) is 8.85 Å². The number of anilines is 1. The van der Waals surface area contributed by atoms with Crippen molar-refractivity contribution in [2.75, 3.05) is 25.6 Å². The Kier molecular flexibility index (Phi) is 9.02. The van der Waals surface area contributed by atoms with Crippen LogP contribution in [0.25, 0.3) is 20.8 Å². The van der Waals surface area contributed by atoms with Crippen LogP contribution in [0.5, 0.6) is 5.75 Å². The van der Waals surface area contributed by atoms with Gasteiger partial charge < -0.3 is 18.9 Å². The zero-order chi connectivity index (χ0) is 27.6. The van der Waals surface area contributed by atoms with Gasteiger partial charge >= 0.3 is 0 Å². The van der Waals surface area contributed by atoms with Crippen LogP contribution in [0.4, 0.5) is 5.69 Å². The maximum absolute atomic E-state index is 6.80. The minimum atomic E-state index is -1.99. The lowest BCUT2D eigenvalue weighted by atomic mass is 10.2. The van der Waals surface area contributed by atoms with Gasteiger partial charge in [-0.15, -0.1) is 11.3 Å². The first-order chi connectivity index (χ1) is 17.0. The van der Waals surface area contributed by atoms with Gasteiger partial charge in [0, 0.05) is 18.3 Å². The van der Waals surface area contributed by atoms with Crippen molar-refractivity contribution in [2.24, 2.45) is 0 Å². The molecule has 1 N–H and O–H groups in total. The molecular weight excluding hydrogens is 513 g/mol. The summed E-state index contributed by atoms with van der Waals surface area (Å²) < 4.78 is 20.8. The van der Waals surface area contributed by atoms with Gasteiger partial charge in [0.2, 0.25) is 0 Å². The summed E-state index contributed by atoms with van der Waals surface area (Å²) in [5.41, 5.74) is 3.20. The topological polar surface area (TPSA) is 52.6 Å². The first-order valence-electron chi connectivity index (χ1n) is 13.2. The van der Waals surface area contributed by atoms with Crippen molar-refractivity contribution in [2.45, 2.75) is 83.9 Å². The Morgan fingerprint density at radius 2 is 1.49 bits per heavy atom. The molecule has 0 amide bonds. The number of nitrogens with zero attached hydrogens (tertiary/aromatic N) is 1. The highest BCUT2D eigenvalue weighted by molar-refractivity contribution is 7.21. The summed E-state index contributed by atoms with van der Waals surface area (Å²) in [4.78, 5) is 4.84. The highest BCUT2D eigenvalue weighted by atomic mass is 32.1. The molecule has 3 rings (SSSR count). The van der Waals surface area contributed by atoms with Crippen molar-refractivity contribution in [1.82, 2.24) is 4.98 Å². The molecule has 0 fully saturated rings. The van der Waals surface area contributed by atoms with Gasteiger partial charge in [0.15, 0.2) is 16.6 Å². The van der Waals surface area contributed by atoms with E-state index in [4.69, 9.17) is 18.6 Å². The number of rotatable bonds is 10. The molecule has 1 heterocycles. The van der Waals surface area contributed by atoms with E-state index in [0.717, 1.165) is 32.2 Å². The molecule has 0 saturated carbocycles. The summed E-state index contributed by atoms with van der Waals surface area (Å²) in [5.74, 6) is 0.837.